The first-order chi connectivity index (χ1) is 7.20. The van der Waals surface area contributed by atoms with E-state index in [0.717, 1.165) is 11.3 Å². The first kappa shape index (κ1) is 9.77. The highest BCUT2D eigenvalue weighted by molar-refractivity contribution is 5.64. The standard InChI is InChI=1S/C12H14N2O/c1-8-4-5-9(2)10(6-8)11-7-15-12(13-3)14-11/h4-7H,1-3H3,(H,13,14). The van der Waals surface area contributed by atoms with Crippen molar-refractivity contribution < 1.29 is 4.42 Å². The fourth-order valence-electron chi connectivity index (χ4n) is 1.52. The van der Waals surface area contributed by atoms with Gasteiger partial charge in [-0.3, -0.25) is 0 Å². The van der Waals surface area contributed by atoms with Gasteiger partial charge in [0.25, 0.3) is 6.01 Å². The second-order valence-electron chi connectivity index (χ2n) is 3.61. The van der Waals surface area contributed by atoms with Crippen LogP contribution in [0.1, 0.15) is 11.1 Å². The van der Waals surface area contributed by atoms with Crippen molar-refractivity contribution in [3.05, 3.63) is 35.6 Å². The average molecular weight is 202 g/mol. The number of oxazole rings is 1. The van der Waals surface area contributed by atoms with Crippen molar-refractivity contribution in [1.29, 1.82) is 0 Å². The van der Waals surface area contributed by atoms with Gasteiger partial charge in [0.2, 0.25) is 0 Å². The quantitative estimate of drug-likeness (QED) is 0.813. The summed E-state index contributed by atoms with van der Waals surface area (Å²) >= 11 is 0. The third kappa shape index (κ3) is 1.86. The molecule has 3 nitrogen and oxygen atoms in total. The fraction of sp³-hybridized carbons (Fsp3) is 0.250. The molecular formula is C12H14N2O. The van der Waals surface area contributed by atoms with Gasteiger partial charge in [-0.25, -0.2) is 0 Å². The first-order valence-electron chi connectivity index (χ1n) is 4.91. The maximum Gasteiger partial charge on any atom is 0.294 e. The summed E-state index contributed by atoms with van der Waals surface area (Å²) in [6.07, 6.45) is 1.67. The van der Waals surface area contributed by atoms with E-state index in [1.165, 1.54) is 11.1 Å². The zero-order valence-electron chi connectivity index (χ0n) is 9.16. The molecule has 0 spiro atoms. The van der Waals surface area contributed by atoms with Crippen LogP contribution in [0.3, 0.4) is 0 Å². The molecule has 0 aliphatic heterocycles. The van der Waals surface area contributed by atoms with Gasteiger partial charge in [0, 0.05) is 12.6 Å². The highest BCUT2D eigenvalue weighted by atomic mass is 16.4. The van der Waals surface area contributed by atoms with E-state index >= 15 is 0 Å². The van der Waals surface area contributed by atoms with Crippen LogP contribution in [0.5, 0.6) is 0 Å². The third-order valence-electron chi connectivity index (χ3n) is 2.39. The summed E-state index contributed by atoms with van der Waals surface area (Å²) < 4.78 is 5.24. The predicted octanol–water partition coefficient (Wildman–Crippen LogP) is 3.00. The lowest BCUT2D eigenvalue weighted by Gasteiger charge is -2.02. The summed E-state index contributed by atoms with van der Waals surface area (Å²) in [4.78, 5) is 4.32. The molecule has 0 bridgehead atoms. The van der Waals surface area contributed by atoms with Crippen LogP contribution in [-0.4, -0.2) is 12.0 Å². The van der Waals surface area contributed by atoms with E-state index in [0.29, 0.717) is 6.01 Å². The molecule has 1 heterocycles. The molecule has 0 saturated carbocycles. The molecule has 0 aliphatic rings. The van der Waals surface area contributed by atoms with Crippen LogP contribution < -0.4 is 5.32 Å². The Bertz CT molecular complexity index is 474. The number of anilines is 1. The molecule has 78 valence electrons. The molecule has 0 saturated heterocycles. The molecule has 2 rings (SSSR count). The van der Waals surface area contributed by atoms with Crippen LogP contribution in [0.4, 0.5) is 6.01 Å². The van der Waals surface area contributed by atoms with Crippen molar-refractivity contribution in [2.45, 2.75) is 13.8 Å². The molecular weight excluding hydrogens is 188 g/mol. The van der Waals surface area contributed by atoms with E-state index in [-0.39, 0.29) is 0 Å². The molecule has 0 atom stereocenters. The lowest BCUT2D eigenvalue weighted by atomic mass is 10.0. The Balaban J connectivity index is 2.48. The smallest absolute Gasteiger partial charge is 0.294 e. The van der Waals surface area contributed by atoms with E-state index in [1.807, 2.05) is 0 Å². The molecule has 0 amide bonds. The fourth-order valence-corrected chi connectivity index (χ4v) is 1.52. The lowest BCUT2D eigenvalue weighted by Crippen LogP contribution is -1.88. The number of nitrogens with zero attached hydrogens (tertiary/aromatic N) is 1. The van der Waals surface area contributed by atoms with Crippen LogP contribution in [0.2, 0.25) is 0 Å². The van der Waals surface area contributed by atoms with Crippen LogP contribution in [-0.2, 0) is 0 Å². The van der Waals surface area contributed by atoms with Gasteiger partial charge in [0.05, 0.1) is 0 Å². The number of hydrogen-bond acceptors (Lipinski definition) is 3. The minimum Gasteiger partial charge on any atom is -0.432 e. The van der Waals surface area contributed by atoms with Gasteiger partial charge in [0.15, 0.2) is 0 Å². The van der Waals surface area contributed by atoms with Gasteiger partial charge in [-0.2, -0.15) is 4.98 Å². The Morgan fingerprint density at radius 3 is 2.73 bits per heavy atom. The Morgan fingerprint density at radius 1 is 1.27 bits per heavy atom. The van der Waals surface area contributed by atoms with Gasteiger partial charge in [0.1, 0.15) is 12.0 Å². The number of benzene rings is 1. The third-order valence-corrected chi connectivity index (χ3v) is 2.39. The Kier molecular flexibility index (Phi) is 2.46. The van der Waals surface area contributed by atoms with Crippen molar-refractivity contribution in [3.63, 3.8) is 0 Å². The number of hydrogen-bond donors (Lipinski definition) is 1. The number of aryl methyl sites for hydroxylation is 2. The van der Waals surface area contributed by atoms with Crippen molar-refractivity contribution in [3.8, 4) is 11.3 Å². The summed E-state index contributed by atoms with van der Waals surface area (Å²) in [7, 11) is 1.79. The topological polar surface area (TPSA) is 38.1 Å². The molecule has 0 aliphatic carbocycles. The van der Waals surface area contributed by atoms with Gasteiger partial charge >= 0.3 is 0 Å². The average Bonchev–Trinajstić information content (AvgIpc) is 2.70. The number of rotatable bonds is 2. The normalized spacial score (nSPS) is 10.3. The number of nitrogens with one attached hydrogen (secondary N) is 1. The monoisotopic (exact) mass is 202 g/mol. The minimum absolute atomic E-state index is 0.547. The Hall–Kier alpha value is -1.77. The van der Waals surface area contributed by atoms with Crippen molar-refractivity contribution in [1.82, 2.24) is 4.98 Å². The Morgan fingerprint density at radius 2 is 2.07 bits per heavy atom. The summed E-state index contributed by atoms with van der Waals surface area (Å²) in [6.45, 7) is 4.14. The van der Waals surface area contributed by atoms with E-state index < -0.39 is 0 Å². The summed E-state index contributed by atoms with van der Waals surface area (Å²) in [5, 5.41) is 2.87. The van der Waals surface area contributed by atoms with E-state index in [9.17, 15) is 0 Å². The van der Waals surface area contributed by atoms with Gasteiger partial charge in [-0.1, -0.05) is 17.7 Å². The summed E-state index contributed by atoms with van der Waals surface area (Å²) in [5.74, 6) is 0. The summed E-state index contributed by atoms with van der Waals surface area (Å²) in [5.41, 5.74) is 4.43. The molecule has 0 unspecified atom stereocenters. The van der Waals surface area contributed by atoms with Gasteiger partial charge < -0.3 is 9.73 Å². The highest BCUT2D eigenvalue weighted by Crippen LogP contribution is 2.24. The van der Waals surface area contributed by atoms with Crippen LogP contribution in [0, 0.1) is 13.8 Å². The molecule has 1 N–H and O–H groups in total. The van der Waals surface area contributed by atoms with Crippen LogP contribution in [0.15, 0.2) is 28.9 Å². The van der Waals surface area contributed by atoms with Crippen molar-refractivity contribution in [2.75, 3.05) is 12.4 Å². The maximum atomic E-state index is 5.24. The maximum absolute atomic E-state index is 5.24. The van der Waals surface area contributed by atoms with Crippen molar-refractivity contribution in [2.24, 2.45) is 0 Å². The Labute approximate surface area is 89.1 Å². The zero-order valence-corrected chi connectivity index (χ0v) is 9.16. The largest absolute Gasteiger partial charge is 0.432 e. The highest BCUT2D eigenvalue weighted by Gasteiger charge is 2.07. The molecule has 2 aromatic rings. The molecule has 15 heavy (non-hydrogen) atoms. The van der Waals surface area contributed by atoms with Crippen LogP contribution in [0.25, 0.3) is 11.3 Å². The second-order valence-corrected chi connectivity index (χ2v) is 3.61. The predicted molar refractivity (Wildman–Crippen MR) is 61.0 cm³/mol. The van der Waals surface area contributed by atoms with Crippen molar-refractivity contribution >= 4 is 6.01 Å². The minimum atomic E-state index is 0.547. The first-order valence-corrected chi connectivity index (χ1v) is 4.91. The van der Waals surface area contributed by atoms with E-state index in [4.69, 9.17) is 4.42 Å². The molecule has 0 fully saturated rings. The molecule has 3 heteroatoms. The van der Waals surface area contributed by atoms with Crippen LogP contribution >= 0.6 is 0 Å². The van der Waals surface area contributed by atoms with E-state index in [1.54, 1.807) is 13.3 Å². The SMILES string of the molecule is CNc1nc(-c2cc(C)ccc2C)co1. The van der Waals surface area contributed by atoms with Gasteiger partial charge in [-0.05, 0) is 25.5 Å². The molecule has 1 aromatic heterocycles. The molecule has 0 radical (unpaired) electrons. The molecule has 1 aromatic carbocycles. The van der Waals surface area contributed by atoms with Gasteiger partial charge in [-0.15, -0.1) is 0 Å². The second kappa shape index (κ2) is 3.77. The lowest BCUT2D eigenvalue weighted by molar-refractivity contribution is 0.576. The zero-order chi connectivity index (χ0) is 10.8. The number of aromatic nitrogens is 1. The summed E-state index contributed by atoms with van der Waals surface area (Å²) in [6, 6.07) is 6.86. The van der Waals surface area contributed by atoms with E-state index in [2.05, 4.69) is 42.3 Å².